The smallest absolute Gasteiger partial charge is 0.326 e. The van der Waals surface area contributed by atoms with Crippen molar-refractivity contribution in [1.29, 1.82) is 0 Å². The van der Waals surface area contributed by atoms with Crippen molar-refractivity contribution in [3.8, 4) is 16.9 Å². The number of carbonyl (C=O) groups excluding carboxylic acids is 2. The molecule has 3 rings (SSSR count). The Morgan fingerprint density at radius 2 is 1.50 bits per heavy atom. The van der Waals surface area contributed by atoms with E-state index in [0.29, 0.717) is 32.0 Å². The van der Waals surface area contributed by atoms with Gasteiger partial charge in [-0.15, -0.1) is 0 Å². The van der Waals surface area contributed by atoms with Crippen LogP contribution in [-0.2, 0) is 19.1 Å². The molecule has 9 heteroatoms. The fourth-order valence-corrected chi connectivity index (χ4v) is 3.95. The van der Waals surface area contributed by atoms with Crippen molar-refractivity contribution >= 4 is 46.7 Å². The van der Waals surface area contributed by atoms with Crippen molar-refractivity contribution in [3.63, 3.8) is 0 Å². The SMILES string of the molecule is CCOC(=O)C(C(=O)OCC)c1nn(-c2ccc(Cl)cc2Cl)c(-c2ccc(Cl)cc2)c1C. The number of aromatic nitrogens is 2. The first-order valence-electron chi connectivity index (χ1n) is 9.92. The van der Waals surface area contributed by atoms with Gasteiger partial charge in [-0.05, 0) is 51.1 Å². The van der Waals surface area contributed by atoms with Crippen LogP contribution in [0.4, 0.5) is 0 Å². The average Bonchev–Trinajstić information content (AvgIpc) is 3.06. The van der Waals surface area contributed by atoms with Gasteiger partial charge in [0.1, 0.15) is 0 Å². The normalized spacial score (nSPS) is 11.0. The van der Waals surface area contributed by atoms with Crippen LogP contribution in [0.1, 0.15) is 31.0 Å². The van der Waals surface area contributed by atoms with Crippen LogP contribution < -0.4 is 0 Å². The van der Waals surface area contributed by atoms with Gasteiger partial charge >= 0.3 is 11.9 Å². The number of hydrogen-bond acceptors (Lipinski definition) is 5. The number of esters is 2. The lowest BCUT2D eigenvalue weighted by Gasteiger charge is -2.13. The molecule has 168 valence electrons. The number of benzene rings is 2. The molecule has 0 aliphatic carbocycles. The lowest BCUT2D eigenvalue weighted by Crippen LogP contribution is -2.27. The summed E-state index contributed by atoms with van der Waals surface area (Å²) in [5.74, 6) is -2.81. The predicted molar refractivity (Wildman–Crippen MR) is 125 cm³/mol. The minimum atomic E-state index is -1.34. The van der Waals surface area contributed by atoms with Crippen LogP contribution in [0.5, 0.6) is 0 Å². The molecule has 32 heavy (non-hydrogen) atoms. The molecule has 0 fully saturated rings. The van der Waals surface area contributed by atoms with Crippen molar-refractivity contribution in [2.45, 2.75) is 26.7 Å². The summed E-state index contributed by atoms with van der Waals surface area (Å²) in [4.78, 5) is 25.5. The fourth-order valence-electron chi connectivity index (χ4n) is 3.33. The summed E-state index contributed by atoms with van der Waals surface area (Å²) in [7, 11) is 0. The molecule has 0 bridgehead atoms. The van der Waals surface area contributed by atoms with Gasteiger partial charge in [-0.1, -0.05) is 46.9 Å². The highest BCUT2D eigenvalue weighted by atomic mass is 35.5. The number of nitrogens with zero attached hydrogens (tertiary/aromatic N) is 2. The number of carbonyl (C=O) groups is 2. The Labute approximate surface area is 201 Å². The number of rotatable bonds is 7. The van der Waals surface area contributed by atoms with E-state index in [9.17, 15) is 9.59 Å². The van der Waals surface area contributed by atoms with E-state index in [1.54, 1.807) is 55.8 Å². The van der Waals surface area contributed by atoms with Crippen LogP contribution in [0.15, 0.2) is 42.5 Å². The van der Waals surface area contributed by atoms with Gasteiger partial charge in [0.25, 0.3) is 0 Å². The molecule has 1 heterocycles. The molecule has 0 saturated heterocycles. The molecule has 0 N–H and O–H groups in total. The third kappa shape index (κ3) is 4.93. The van der Waals surface area contributed by atoms with E-state index in [2.05, 4.69) is 5.10 Å². The Morgan fingerprint density at radius 3 is 2.03 bits per heavy atom. The van der Waals surface area contributed by atoms with Crippen molar-refractivity contribution in [2.24, 2.45) is 0 Å². The molecule has 6 nitrogen and oxygen atoms in total. The van der Waals surface area contributed by atoms with Crippen LogP contribution in [0.2, 0.25) is 15.1 Å². The first-order chi connectivity index (χ1) is 15.3. The lowest BCUT2D eigenvalue weighted by molar-refractivity contribution is -0.157. The van der Waals surface area contributed by atoms with Crippen LogP contribution >= 0.6 is 34.8 Å². The summed E-state index contributed by atoms with van der Waals surface area (Å²) in [6.07, 6.45) is 0. The second kappa shape index (κ2) is 10.4. The molecule has 0 aliphatic rings. The molecule has 0 radical (unpaired) electrons. The quantitative estimate of drug-likeness (QED) is 0.296. The zero-order valence-corrected chi connectivity index (χ0v) is 20.0. The molecular formula is C23H21Cl3N2O4. The fraction of sp³-hybridized carbons (Fsp3) is 0.261. The summed E-state index contributed by atoms with van der Waals surface area (Å²) in [5, 5.41) is 6.02. The molecule has 1 aromatic heterocycles. The third-order valence-electron chi connectivity index (χ3n) is 4.73. The summed E-state index contributed by atoms with van der Waals surface area (Å²) < 4.78 is 11.9. The molecule has 0 unspecified atom stereocenters. The topological polar surface area (TPSA) is 70.4 Å². The Kier molecular flexibility index (Phi) is 7.82. The van der Waals surface area contributed by atoms with Gasteiger partial charge in [0.2, 0.25) is 0 Å². The van der Waals surface area contributed by atoms with Gasteiger partial charge in [0.05, 0.1) is 35.3 Å². The maximum absolute atomic E-state index is 12.7. The standard InChI is InChI=1S/C23H21Cl3N2O4/c1-4-31-22(29)19(23(30)32-5-2)20-13(3)21(14-6-8-15(24)9-7-14)28(27-20)18-11-10-16(25)12-17(18)26/h6-12,19H,4-5H2,1-3H3. The first-order valence-corrected chi connectivity index (χ1v) is 11.1. The molecule has 0 saturated carbocycles. The first kappa shape index (κ1) is 24.1. The molecule has 2 aromatic carbocycles. The summed E-state index contributed by atoms with van der Waals surface area (Å²) in [5.41, 5.74) is 2.76. The zero-order valence-electron chi connectivity index (χ0n) is 17.7. The monoisotopic (exact) mass is 494 g/mol. The van der Waals surface area contributed by atoms with E-state index < -0.39 is 17.9 Å². The van der Waals surface area contributed by atoms with Crippen molar-refractivity contribution in [1.82, 2.24) is 9.78 Å². The van der Waals surface area contributed by atoms with E-state index >= 15 is 0 Å². The molecule has 0 amide bonds. The summed E-state index contributed by atoms with van der Waals surface area (Å²) in [6.45, 7) is 5.33. The van der Waals surface area contributed by atoms with Crippen LogP contribution in [0, 0.1) is 6.92 Å². The summed E-state index contributed by atoms with van der Waals surface area (Å²) in [6, 6.07) is 12.1. The molecule has 0 aliphatic heterocycles. The van der Waals surface area contributed by atoms with Crippen molar-refractivity contribution in [2.75, 3.05) is 13.2 Å². The van der Waals surface area contributed by atoms with E-state index in [1.165, 1.54) is 0 Å². The molecule has 3 aromatic rings. The molecular weight excluding hydrogens is 475 g/mol. The van der Waals surface area contributed by atoms with Gasteiger partial charge < -0.3 is 9.47 Å². The number of hydrogen-bond donors (Lipinski definition) is 0. The Bertz CT molecular complexity index is 1120. The van der Waals surface area contributed by atoms with Crippen LogP contribution in [-0.4, -0.2) is 34.9 Å². The average molecular weight is 496 g/mol. The van der Waals surface area contributed by atoms with E-state index in [4.69, 9.17) is 44.3 Å². The highest BCUT2D eigenvalue weighted by Crippen LogP contribution is 2.36. The van der Waals surface area contributed by atoms with E-state index in [1.807, 2.05) is 12.1 Å². The van der Waals surface area contributed by atoms with Gasteiger partial charge in [0, 0.05) is 21.2 Å². The van der Waals surface area contributed by atoms with E-state index in [0.717, 1.165) is 5.56 Å². The number of ether oxygens (including phenoxy) is 2. The largest absolute Gasteiger partial charge is 0.465 e. The minimum absolute atomic E-state index is 0.113. The Morgan fingerprint density at radius 1 is 0.938 bits per heavy atom. The second-order valence-corrected chi connectivity index (χ2v) is 8.09. The highest BCUT2D eigenvalue weighted by Gasteiger charge is 2.37. The van der Waals surface area contributed by atoms with E-state index in [-0.39, 0.29) is 18.9 Å². The van der Waals surface area contributed by atoms with Gasteiger partial charge in [0.15, 0.2) is 5.92 Å². The van der Waals surface area contributed by atoms with Crippen molar-refractivity contribution < 1.29 is 19.1 Å². The maximum atomic E-state index is 12.7. The van der Waals surface area contributed by atoms with Gasteiger partial charge in [-0.2, -0.15) is 5.10 Å². The highest BCUT2D eigenvalue weighted by molar-refractivity contribution is 6.35. The summed E-state index contributed by atoms with van der Waals surface area (Å²) >= 11 is 18.6. The lowest BCUT2D eigenvalue weighted by atomic mass is 9.98. The zero-order chi connectivity index (χ0) is 23.4. The van der Waals surface area contributed by atoms with Crippen LogP contribution in [0.25, 0.3) is 16.9 Å². The molecule has 0 spiro atoms. The Balaban J connectivity index is 2.29. The van der Waals surface area contributed by atoms with Gasteiger partial charge in [-0.3, -0.25) is 9.59 Å². The van der Waals surface area contributed by atoms with Gasteiger partial charge in [-0.25, -0.2) is 4.68 Å². The minimum Gasteiger partial charge on any atom is -0.465 e. The van der Waals surface area contributed by atoms with Crippen LogP contribution in [0.3, 0.4) is 0 Å². The maximum Gasteiger partial charge on any atom is 0.326 e. The van der Waals surface area contributed by atoms with Crippen molar-refractivity contribution in [3.05, 3.63) is 68.8 Å². The third-order valence-corrected chi connectivity index (χ3v) is 5.52. The number of halogens is 3. The Hall–Kier alpha value is -2.54. The molecule has 0 atom stereocenters. The predicted octanol–water partition coefficient (Wildman–Crippen LogP) is 6.02. The second-order valence-electron chi connectivity index (χ2n) is 6.81.